The molecule has 11 heavy (non-hydrogen) atoms. The lowest BCUT2D eigenvalue weighted by molar-refractivity contribution is 0.313. The maximum Gasteiger partial charge on any atom is 0.150 e. The average molecular weight is 150 g/mol. The fraction of sp³-hybridized carbons (Fsp3) is 0.444. The Morgan fingerprint density at radius 2 is 2.45 bits per heavy atom. The van der Waals surface area contributed by atoms with Crippen molar-refractivity contribution < 1.29 is 4.74 Å². The number of hydrogen-bond acceptors (Lipinski definition) is 2. The minimum Gasteiger partial charge on any atom is -0.491 e. The van der Waals surface area contributed by atoms with Crippen molar-refractivity contribution in [2.45, 2.75) is 20.3 Å². The topological polar surface area (TPSA) is 22.1 Å². The third-order valence-corrected chi connectivity index (χ3v) is 1.37. The van der Waals surface area contributed by atoms with Gasteiger partial charge in [-0.1, -0.05) is 6.92 Å². The molecule has 2 nitrogen and oxygen atoms in total. The summed E-state index contributed by atoms with van der Waals surface area (Å²) in [7, 11) is 0. The van der Waals surface area contributed by atoms with Crippen molar-refractivity contribution in [3.05, 3.63) is 24.0 Å². The lowest BCUT2D eigenvalue weighted by Crippen LogP contribution is -1.97. The zero-order valence-corrected chi connectivity index (χ0v) is 6.92. The molecule has 0 saturated heterocycles. The van der Waals surface area contributed by atoms with Gasteiger partial charge < -0.3 is 4.74 Å². The predicted octanol–water partition coefficient (Wildman–Crippen LogP) is 1.98. The number of aryl methyl sites for hydroxylation is 1. The van der Waals surface area contributed by atoms with Crippen LogP contribution in [-0.4, -0.2) is 11.6 Å². The van der Waals surface area contributed by atoms with E-state index in [9.17, 15) is 0 Å². The Labute approximate surface area is 67.2 Å². The van der Waals surface area contributed by atoms with Crippen molar-refractivity contribution in [2.24, 2.45) is 0 Å². The molecule has 0 aliphatic carbocycles. The van der Waals surface area contributed by atoms with Gasteiger partial charge in [0.05, 0.1) is 6.61 Å². The lowest BCUT2D eigenvalue weighted by atomic mass is 10.3. The highest BCUT2D eigenvalue weighted by atomic mass is 16.5. The molecule has 0 unspecified atom stereocenters. The molecule has 0 saturated carbocycles. The van der Waals surface area contributed by atoms with E-state index in [4.69, 9.17) is 4.74 Å². The van der Waals surface area contributed by atoms with Crippen molar-refractivity contribution >= 4 is 0 Å². The van der Waals surface area contributed by atoms with Crippen molar-refractivity contribution in [1.29, 1.82) is 0 Å². The minimum atomic E-state index is 0.739. The maximum absolute atomic E-state index is 5.37. The first-order valence-electron chi connectivity index (χ1n) is 3.80. The van der Waals surface area contributed by atoms with Crippen LogP contribution >= 0.6 is 0 Å². The molecule has 1 aromatic rings. The highest BCUT2D eigenvalue weighted by Gasteiger charge is 1.96. The summed E-state index contributed by atoms with van der Waals surface area (Å²) in [6.07, 6.45) is 5.53. The zero-order valence-electron chi connectivity index (χ0n) is 6.92. The Kier molecular flexibility index (Phi) is 2.90. The van der Waals surface area contributed by atoms with E-state index in [1.807, 2.05) is 13.0 Å². The summed E-state index contributed by atoms with van der Waals surface area (Å²) in [5.74, 6) is 0.773. The molecule has 0 aliphatic rings. The molecule has 0 spiro atoms. The number of aromatic nitrogens is 1. The molecular formula is C9H12NO. The molecule has 1 aromatic heterocycles. The second-order valence-electron chi connectivity index (χ2n) is 2.42. The molecule has 0 N–H and O–H groups in total. The van der Waals surface area contributed by atoms with Crippen molar-refractivity contribution in [3.63, 3.8) is 0 Å². The number of hydrogen-bond donors (Lipinski definition) is 0. The van der Waals surface area contributed by atoms with E-state index in [-0.39, 0.29) is 0 Å². The van der Waals surface area contributed by atoms with E-state index in [1.165, 1.54) is 0 Å². The second kappa shape index (κ2) is 3.96. The highest BCUT2D eigenvalue weighted by molar-refractivity contribution is 5.26. The summed E-state index contributed by atoms with van der Waals surface area (Å²) in [5.41, 5.74) is 1.09. The number of rotatable bonds is 3. The van der Waals surface area contributed by atoms with Crippen LogP contribution in [0, 0.1) is 13.1 Å². The van der Waals surface area contributed by atoms with Crippen LogP contribution in [0.5, 0.6) is 5.75 Å². The fourth-order valence-corrected chi connectivity index (χ4v) is 0.759. The number of ether oxygens (including phenoxy) is 1. The molecule has 0 amide bonds. The Hall–Kier alpha value is -1.05. The summed E-state index contributed by atoms with van der Waals surface area (Å²) >= 11 is 0. The number of pyridine rings is 1. The van der Waals surface area contributed by atoms with E-state index in [0.29, 0.717) is 0 Å². The van der Waals surface area contributed by atoms with Gasteiger partial charge in [-0.15, -0.1) is 0 Å². The highest BCUT2D eigenvalue weighted by Crippen LogP contribution is 2.13. The first-order chi connectivity index (χ1) is 5.34. The van der Waals surface area contributed by atoms with Gasteiger partial charge in [0.2, 0.25) is 0 Å². The molecule has 2 heteroatoms. The van der Waals surface area contributed by atoms with Gasteiger partial charge in [0, 0.05) is 6.20 Å². The third kappa shape index (κ3) is 2.22. The van der Waals surface area contributed by atoms with Gasteiger partial charge in [0.1, 0.15) is 11.9 Å². The first kappa shape index (κ1) is 8.05. The van der Waals surface area contributed by atoms with E-state index in [1.54, 1.807) is 6.20 Å². The Bertz CT molecular complexity index is 223. The Morgan fingerprint density at radius 3 is 3.09 bits per heavy atom. The first-order valence-corrected chi connectivity index (χ1v) is 3.80. The molecular weight excluding hydrogens is 138 g/mol. The maximum atomic E-state index is 5.37. The van der Waals surface area contributed by atoms with E-state index < -0.39 is 0 Å². The van der Waals surface area contributed by atoms with E-state index in [0.717, 1.165) is 24.3 Å². The summed E-state index contributed by atoms with van der Waals surface area (Å²) in [5, 5.41) is 0. The summed E-state index contributed by atoms with van der Waals surface area (Å²) in [6.45, 7) is 4.80. The van der Waals surface area contributed by atoms with Gasteiger partial charge in [-0.2, -0.15) is 0 Å². The molecule has 0 bridgehead atoms. The number of nitrogens with zero attached hydrogens (tertiary/aromatic N) is 1. The fourth-order valence-electron chi connectivity index (χ4n) is 0.759. The van der Waals surface area contributed by atoms with Crippen molar-refractivity contribution in [1.82, 2.24) is 4.98 Å². The quantitative estimate of drug-likeness (QED) is 0.657. The van der Waals surface area contributed by atoms with Gasteiger partial charge >= 0.3 is 0 Å². The standard InChI is InChI=1S/C9H12NO/c1-3-6-11-9-7-10-5-4-8(9)2/h4-5H,3,6H2,1-2H3. The molecule has 1 rings (SSSR count). The van der Waals surface area contributed by atoms with Crippen LogP contribution in [0.3, 0.4) is 0 Å². The monoisotopic (exact) mass is 150 g/mol. The summed E-state index contributed by atoms with van der Waals surface area (Å²) in [6, 6.07) is 1.92. The molecule has 0 atom stereocenters. The van der Waals surface area contributed by atoms with Crippen molar-refractivity contribution in [2.75, 3.05) is 6.61 Å². The Balaban J connectivity index is 2.62. The van der Waals surface area contributed by atoms with Crippen LogP contribution in [-0.2, 0) is 0 Å². The Morgan fingerprint density at radius 1 is 1.64 bits per heavy atom. The summed E-state index contributed by atoms with van der Waals surface area (Å²) < 4.78 is 5.37. The molecule has 0 aromatic carbocycles. The van der Waals surface area contributed by atoms with Crippen LogP contribution in [0.15, 0.2) is 12.3 Å². The normalized spacial score (nSPS) is 9.64. The molecule has 0 aliphatic heterocycles. The molecule has 1 radical (unpaired) electrons. The zero-order chi connectivity index (χ0) is 8.10. The molecule has 59 valence electrons. The lowest BCUT2D eigenvalue weighted by Gasteiger charge is -2.04. The van der Waals surface area contributed by atoms with Crippen LogP contribution < -0.4 is 4.74 Å². The van der Waals surface area contributed by atoms with Crippen LogP contribution in [0.2, 0.25) is 0 Å². The van der Waals surface area contributed by atoms with Crippen LogP contribution in [0.4, 0.5) is 0 Å². The third-order valence-electron chi connectivity index (χ3n) is 1.37. The predicted molar refractivity (Wildman–Crippen MR) is 43.6 cm³/mol. The average Bonchev–Trinajstić information content (AvgIpc) is 2.03. The van der Waals surface area contributed by atoms with E-state index >= 15 is 0 Å². The van der Waals surface area contributed by atoms with Crippen LogP contribution in [0.25, 0.3) is 0 Å². The van der Waals surface area contributed by atoms with Crippen molar-refractivity contribution in [3.8, 4) is 5.75 Å². The van der Waals surface area contributed by atoms with Gasteiger partial charge in [-0.3, -0.25) is 4.98 Å². The SMILES string of the molecule is CCCOc1[c]nccc1C. The van der Waals surface area contributed by atoms with Gasteiger partial charge in [0.15, 0.2) is 0 Å². The molecule has 0 fully saturated rings. The smallest absolute Gasteiger partial charge is 0.150 e. The van der Waals surface area contributed by atoms with Gasteiger partial charge in [-0.25, -0.2) is 0 Å². The summed E-state index contributed by atoms with van der Waals surface area (Å²) in [4.78, 5) is 3.85. The largest absolute Gasteiger partial charge is 0.491 e. The van der Waals surface area contributed by atoms with Gasteiger partial charge in [0.25, 0.3) is 0 Å². The molecule has 1 heterocycles. The van der Waals surface area contributed by atoms with E-state index in [2.05, 4.69) is 18.1 Å². The minimum absolute atomic E-state index is 0.739. The van der Waals surface area contributed by atoms with Crippen LogP contribution in [0.1, 0.15) is 18.9 Å². The second-order valence-corrected chi connectivity index (χ2v) is 2.42. The van der Waals surface area contributed by atoms with Gasteiger partial charge in [-0.05, 0) is 25.0 Å².